The smallest absolute Gasteiger partial charge is 0.125 e. The van der Waals surface area contributed by atoms with Gasteiger partial charge in [-0.1, -0.05) is 24.2 Å². The number of aromatic nitrogens is 3. The molecule has 3 heterocycles. The minimum Gasteiger partial charge on any atom is -0.496 e. The van der Waals surface area contributed by atoms with Gasteiger partial charge < -0.3 is 9.57 Å². The van der Waals surface area contributed by atoms with Gasteiger partial charge in [0, 0.05) is 28.7 Å². The largest absolute Gasteiger partial charge is 0.496 e. The van der Waals surface area contributed by atoms with E-state index in [1.807, 2.05) is 63.2 Å². The zero-order valence-electron chi connectivity index (χ0n) is 19.0. The third-order valence-corrected chi connectivity index (χ3v) is 5.04. The van der Waals surface area contributed by atoms with E-state index in [4.69, 9.17) is 19.5 Å². The molecule has 31 heavy (non-hydrogen) atoms. The van der Waals surface area contributed by atoms with Crippen molar-refractivity contribution >= 4 is 5.71 Å². The fraction of sp³-hybridized carbons (Fsp3) is 0.360. The van der Waals surface area contributed by atoms with E-state index in [1.165, 1.54) is 0 Å². The van der Waals surface area contributed by atoms with Crippen LogP contribution in [0.3, 0.4) is 0 Å². The zero-order chi connectivity index (χ0) is 22.2. The lowest BCUT2D eigenvalue weighted by atomic mass is 10.1. The summed E-state index contributed by atoms with van der Waals surface area (Å²) in [7, 11) is 1.69. The van der Waals surface area contributed by atoms with Crippen LogP contribution >= 0.6 is 0 Å². The first-order valence-corrected chi connectivity index (χ1v) is 10.6. The van der Waals surface area contributed by atoms with Crippen LogP contribution in [-0.4, -0.2) is 34.4 Å². The summed E-state index contributed by atoms with van der Waals surface area (Å²) in [5.74, 6) is 0.846. The van der Waals surface area contributed by atoms with E-state index in [9.17, 15) is 0 Å². The summed E-state index contributed by atoms with van der Waals surface area (Å²) in [6, 6.07) is 13.9. The fourth-order valence-electron chi connectivity index (χ4n) is 3.28. The van der Waals surface area contributed by atoms with Crippen molar-refractivity contribution in [2.45, 2.75) is 47.0 Å². The number of ether oxygens (including phenoxy) is 1. The number of hydrogen-bond donors (Lipinski definition) is 0. The Bertz CT molecular complexity index is 1060. The molecule has 162 valence electrons. The van der Waals surface area contributed by atoms with Crippen LogP contribution < -0.4 is 4.74 Å². The summed E-state index contributed by atoms with van der Waals surface area (Å²) in [6.07, 6.45) is 2.46. The summed E-state index contributed by atoms with van der Waals surface area (Å²) < 4.78 is 5.53. The van der Waals surface area contributed by atoms with Crippen molar-refractivity contribution < 1.29 is 9.57 Å². The highest BCUT2D eigenvalue weighted by Crippen LogP contribution is 2.28. The Balaban J connectivity index is 1.62. The number of methoxy groups -OCH3 is 1. The Labute approximate surface area is 184 Å². The molecule has 0 aliphatic heterocycles. The van der Waals surface area contributed by atoms with Gasteiger partial charge >= 0.3 is 0 Å². The molecule has 0 radical (unpaired) electrons. The maximum Gasteiger partial charge on any atom is 0.125 e. The van der Waals surface area contributed by atoms with E-state index >= 15 is 0 Å². The first kappa shape index (κ1) is 22.4. The maximum atomic E-state index is 5.53. The van der Waals surface area contributed by atoms with Crippen LogP contribution in [0.4, 0.5) is 0 Å². The van der Waals surface area contributed by atoms with E-state index in [0.29, 0.717) is 6.61 Å². The molecule has 0 fully saturated rings. The van der Waals surface area contributed by atoms with Crippen LogP contribution in [0.2, 0.25) is 0 Å². The van der Waals surface area contributed by atoms with E-state index in [-0.39, 0.29) is 0 Å². The van der Waals surface area contributed by atoms with Gasteiger partial charge in [-0.3, -0.25) is 15.0 Å². The number of oxime groups is 1. The van der Waals surface area contributed by atoms with E-state index < -0.39 is 0 Å². The molecule has 6 nitrogen and oxygen atoms in total. The van der Waals surface area contributed by atoms with Gasteiger partial charge in [-0.05, 0) is 64.3 Å². The van der Waals surface area contributed by atoms with Gasteiger partial charge in [0.15, 0.2) is 0 Å². The summed E-state index contributed by atoms with van der Waals surface area (Å²) in [5, 5.41) is 4.19. The standard InChI is InChI=1S/C25H30N4O2/c1-6-20-16-24(30-5)18(3)25(28-20)23-14-8-11-21(27-23)12-9-15-31-29-19(4)22-13-7-10-17(2)26-22/h7-8,10-11,13-14,16H,6,9,12,15H2,1-5H3/b29-19+. The monoisotopic (exact) mass is 418 g/mol. The topological polar surface area (TPSA) is 69.5 Å². The van der Waals surface area contributed by atoms with Gasteiger partial charge in [-0.25, -0.2) is 0 Å². The van der Waals surface area contributed by atoms with Crippen molar-refractivity contribution in [2.24, 2.45) is 5.16 Å². The number of nitrogens with zero attached hydrogens (tertiary/aromatic N) is 4. The molecule has 0 atom stereocenters. The number of hydrogen-bond acceptors (Lipinski definition) is 6. The van der Waals surface area contributed by atoms with Crippen molar-refractivity contribution in [2.75, 3.05) is 13.7 Å². The Morgan fingerprint density at radius 1 is 1.00 bits per heavy atom. The predicted octanol–water partition coefficient (Wildman–Crippen LogP) is 5.10. The minimum atomic E-state index is 0.519. The molecule has 0 saturated carbocycles. The number of aryl methyl sites for hydroxylation is 3. The molecule has 0 aliphatic carbocycles. The van der Waals surface area contributed by atoms with Gasteiger partial charge in [0.25, 0.3) is 0 Å². The fourth-order valence-corrected chi connectivity index (χ4v) is 3.28. The summed E-state index contributed by atoms with van der Waals surface area (Å²) >= 11 is 0. The van der Waals surface area contributed by atoms with Crippen molar-refractivity contribution in [3.63, 3.8) is 0 Å². The second-order valence-electron chi connectivity index (χ2n) is 7.43. The lowest BCUT2D eigenvalue weighted by Gasteiger charge is -2.12. The SMILES string of the molecule is CCc1cc(OC)c(C)c(-c2cccc(CCCO/N=C(\C)c3cccc(C)n3)n2)n1. The third-order valence-electron chi connectivity index (χ3n) is 5.04. The molecule has 3 rings (SSSR count). The van der Waals surface area contributed by atoms with E-state index in [1.54, 1.807) is 7.11 Å². The van der Waals surface area contributed by atoms with Crippen molar-refractivity contribution in [3.8, 4) is 17.1 Å². The molecule has 0 bridgehead atoms. The lowest BCUT2D eigenvalue weighted by molar-refractivity contribution is 0.141. The van der Waals surface area contributed by atoms with E-state index in [0.717, 1.165) is 70.5 Å². The summed E-state index contributed by atoms with van der Waals surface area (Å²) in [5.41, 5.74) is 7.31. The highest BCUT2D eigenvalue weighted by Gasteiger charge is 2.12. The number of rotatable bonds is 9. The van der Waals surface area contributed by atoms with Gasteiger partial charge in [-0.2, -0.15) is 0 Å². The molecule has 0 N–H and O–H groups in total. The van der Waals surface area contributed by atoms with E-state index in [2.05, 4.69) is 17.1 Å². The summed E-state index contributed by atoms with van der Waals surface area (Å²) in [4.78, 5) is 19.6. The molecular formula is C25H30N4O2. The third kappa shape index (κ3) is 5.87. The molecule has 0 unspecified atom stereocenters. The van der Waals surface area contributed by atoms with Gasteiger partial charge in [0.2, 0.25) is 0 Å². The first-order chi connectivity index (χ1) is 15.0. The predicted molar refractivity (Wildman–Crippen MR) is 124 cm³/mol. The van der Waals surface area contributed by atoms with Crippen molar-refractivity contribution in [1.29, 1.82) is 0 Å². The van der Waals surface area contributed by atoms with Gasteiger partial charge in [0.1, 0.15) is 18.1 Å². The average Bonchev–Trinajstić information content (AvgIpc) is 2.79. The lowest BCUT2D eigenvalue weighted by Crippen LogP contribution is -2.03. The summed E-state index contributed by atoms with van der Waals surface area (Å²) in [6.45, 7) is 8.49. The molecule has 0 aromatic carbocycles. The van der Waals surface area contributed by atoms with Gasteiger partial charge in [0.05, 0.1) is 24.2 Å². The van der Waals surface area contributed by atoms with Crippen LogP contribution in [0.25, 0.3) is 11.4 Å². The van der Waals surface area contributed by atoms with Gasteiger partial charge in [-0.15, -0.1) is 0 Å². The Morgan fingerprint density at radius 3 is 2.55 bits per heavy atom. The second kappa shape index (κ2) is 10.7. The van der Waals surface area contributed by atoms with Crippen molar-refractivity contribution in [3.05, 3.63) is 70.8 Å². The average molecular weight is 419 g/mol. The Kier molecular flexibility index (Phi) is 7.70. The molecule has 3 aromatic heterocycles. The molecule has 3 aromatic rings. The number of pyridine rings is 3. The molecule has 0 saturated heterocycles. The molecule has 6 heteroatoms. The molecular weight excluding hydrogens is 388 g/mol. The highest BCUT2D eigenvalue weighted by atomic mass is 16.6. The Hall–Kier alpha value is -3.28. The Morgan fingerprint density at radius 2 is 1.81 bits per heavy atom. The molecule has 0 spiro atoms. The van der Waals surface area contributed by atoms with Crippen molar-refractivity contribution in [1.82, 2.24) is 15.0 Å². The minimum absolute atomic E-state index is 0.519. The first-order valence-electron chi connectivity index (χ1n) is 10.6. The van der Waals surface area contributed by atoms with Crippen LogP contribution in [0.1, 0.15) is 48.6 Å². The molecule has 0 amide bonds. The van der Waals surface area contributed by atoms with Crippen LogP contribution in [0.15, 0.2) is 47.6 Å². The highest BCUT2D eigenvalue weighted by molar-refractivity contribution is 5.96. The second-order valence-corrected chi connectivity index (χ2v) is 7.43. The quantitative estimate of drug-likeness (QED) is 0.275. The van der Waals surface area contributed by atoms with Crippen LogP contribution in [0, 0.1) is 13.8 Å². The zero-order valence-corrected chi connectivity index (χ0v) is 19.0. The normalized spacial score (nSPS) is 11.5. The van der Waals surface area contributed by atoms with Crippen LogP contribution in [-0.2, 0) is 17.7 Å². The van der Waals surface area contributed by atoms with Crippen LogP contribution in [0.5, 0.6) is 5.75 Å². The molecule has 0 aliphatic rings. The maximum absolute atomic E-state index is 5.53.